The number of rotatable bonds is 4. The Morgan fingerprint density at radius 3 is 2.86 bits per heavy atom. The summed E-state index contributed by atoms with van der Waals surface area (Å²) in [5.41, 5.74) is 4.42. The number of hydrogen-bond donors (Lipinski definition) is 1. The van der Waals surface area contributed by atoms with Gasteiger partial charge in [0.25, 0.3) is 0 Å². The van der Waals surface area contributed by atoms with Crippen LogP contribution in [0.2, 0.25) is 0 Å². The highest BCUT2D eigenvalue weighted by Gasteiger charge is 2.28. The Kier molecular flexibility index (Phi) is 4.48. The van der Waals surface area contributed by atoms with E-state index in [-0.39, 0.29) is 11.6 Å². The molecule has 4 aromatic rings. The molecule has 1 unspecified atom stereocenters. The second-order valence-electron chi connectivity index (χ2n) is 8.41. The third-order valence-corrected chi connectivity index (χ3v) is 6.49. The minimum Gasteiger partial charge on any atom is -0.370 e. The molecule has 5 nitrogen and oxygen atoms in total. The van der Waals surface area contributed by atoms with Crippen LogP contribution in [0.1, 0.15) is 37.6 Å². The molecule has 0 saturated carbocycles. The van der Waals surface area contributed by atoms with Gasteiger partial charge in [-0.05, 0) is 38.8 Å². The summed E-state index contributed by atoms with van der Waals surface area (Å²) in [7, 11) is 0. The fraction of sp³-hybridized carbons (Fsp3) is 0.348. The summed E-state index contributed by atoms with van der Waals surface area (Å²) < 4.78 is 7.05. The number of ether oxygens (including phenoxy) is 1. The summed E-state index contributed by atoms with van der Waals surface area (Å²) in [6.07, 6.45) is 3.42. The van der Waals surface area contributed by atoms with Crippen molar-refractivity contribution in [1.29, 1.82) is 0 Å². The van der Waals surface area contributed by atoms with Crippen LogP contribution in [0.5, 0.6) is 0 Å². The Balaban J connectivity index is 1.50. The van der Waals surface area contributed by atoms with E-state index in [1.165, 1.54) is 11.1 Å². The Bertz CT molecular complexity index is 1190. The normalized spacial score (nSPS) is 16.7. The van der Waals surface area contributed by atoms with Gasteiger partial charge < -0.3 is 10.1 Å². The fourth-order valence-electron chi connectivity index (χ4n) is 3.94. The fourth-order valence-corrected chi connectivity index (χ4v) is 5.02. The SMILES string of the molecule is CC(Cc1ccccc1)Nc1ncnc2c1sc1nc3c(cc12)COC(C)(C)C3. The predicted octanol–water partition coefficient (Wildman–Crippen LogP) is 5.13. The van der Waals surface area contributed by atoms with Crippen LogP contribution in [0.4, 0.5) is 5.82 Å². The van der Waals surface area contributed by atoms with Crippen LogP contribution in [0, 0.1) is 0 Å². The first-order chi connectivity index (χ1) is 14.0. The molecule has 4 heterocycles. The van der Waals surface area contributed by atoms with Crippen molar-refractivity contribution >= 4 is 37.6 Å². The lowest BCUT2D eigenvalue weighted by atomic mass is 9.95. The number of hydrogen-bond acceptors (Lipinski definition) is 6. The van der Waals surface area contributed by atoms with Crippen LogP contribution in [-0.2, 0) is 24.2 Å². The zero-order valence-electron chi connectivity index (χ0n) is 16.9. The number of pyridine rings is 1. The quantitative estimate of drug-likeness (QED) is 0.511. The molecule has 3 aromatic heterocycles. The molecule has 0 saturated heterocycles. The van der Waals surface area contributed by atoms with Gasteiger partial charge in [0.2, 0.25) is 0 Å². The molecule has 5 rings (SSSR count). The molecular formula is C23H24N4OS. The first kappa shape index (κ1) is 18.5. The second kappa shape index (κ2) is 7.04. The van der Waals surface area contributed by atoms with Crippen LogP contribution in [0.3, 0.4) is 0 Å². The maximum absolute atomic E-state index is 5.98. The summed E-state index contributed by atoms with van der Waals surface area (Å²) in [5, 5.41) is 4.67. The van der Waals surface area contributed by atoms with E-state index in [0.29, 0.717) is 6.61 Å². The minimum absolute atomic E-state index is 0.163. The number of nitrogens with one attached hydrogen (secondary N) is 1. The lowest BCUT2D eigenvalue weighted by Gasteiger charge is -2.30. The van der Waals surface area contributed by atoms with Crippen LogP contribution < -0.4 is 5.32 Å². The molecule has 0 fully saturated rings. The van der Waals surface area contributed by atoms with Gasteiger partial charge in [0, 0.05) is 23.4 Å². The molecule has 29 heavy (non-hydrogen) atoms. The van der Waals surface area contributed by atoms with Gasteiger partial charge >= 0.3 is 0 Å². The van der Waals surface area contributed by atoms with Gasteiger partial charge in [-0.2, -0.15) is 0 Å². The molecule has 6 heteroatoms. The average Bonchev–Trinajstić information content (AvgIpc) is 3.05. The monoisotopic (exact) mass is 404 g/mol. The summed E-state index contributed by atoms with van der Waals surface area (Å²) >= 11 is 1.67. The molecule has 1 aromatic carbocycles. The van der Waals surface area contributed by atoms with Gasteiger partial charge in [-0.1, -0.05) is 30.3 Å². The number of nitrogens with zero attached hydrogens (tertiary/aromatic N) is 3. The number of fused-ring (bicyclic) bond motifs is 4. The van der Waals surface area contributed by atoms with E-state index in [1.54, 1.807) is 17.7 Å². The van der Waals surface area contributed by atoms with Crippen molar-refractivity contribution in [2.45, 2.75) is 51.9 Å². The van der Waals surface area contributed by atoms with Gasteiger partial charge in [-0.3, -0.25) is 0 Å². The number of anilines is 1. The van der Waals surface area contributed by atoms with Gasteiger partial charge in [0.1, 0.15) is 17.0 Å². The third kappa shape index (κ3) is 3.58. The van der Waals surface area contributed by atoms with E-state index in [0.717, 1.165) is 44.8 Å². The highest BCUT2D eigenvalue weighted by Crippen LogP contribution is 2.38. The Morgan fingerprint density at radius 2 is 2.03 bits per heavy atom. The molecule has 148 valence electrons. The first-order valence-electron chi connectivity index (χ1n) is 9.99. The molecule has 1 N–H and O–H groups in total. The van der Waals surface area contributed by atoms with E-state index in [1.807, 2.05) is 6.07 Å². The van der Waals surface area contributed by atoms with E-state index < -0.39 is 0 Å². The van der Waals surface area contributed by atoms with Crippen molar-refractivity contribution in [3.8, 4) is 0 Å². The topological polar surface area (TPSA) is 59.9 Å². The molecule has 1 atom stereocenters. The average molecular weight is 405 g/mol. The molecule has 0 amide bonds. The smallest absolute Gasteiger partial charge is 0.147 e. The van der Waals surface area contributed by atoms with Crippen LogP contribution in [0.25, 0.3) is 20.4 Å². The van der Waals surface area contributed by atoms with Crippen molar-refractivity contribution in [2.75, 3.05) is 5.32 Å². The van der Waals surface area contributed by atoms with Gasteiger partial charge in [0.05, 0.1) is 28.1 Å². The van der Waals surface area contributed by atoms with Crippen molar-refractivity contribution in [3.63, 3.8) is 0 Å². The zero-order chi connectivity index (χ0) is 20.0. The van der Waals surface area contributed by atoms with Crippen molar-refractivity contribution in [3.05, 3.63) is 59.5 Å². The molecule has 1 aliphatic heterocycles. The summed E-state index contributed by atoms with van der Waals surface area (Å²) in [4.78, 5) is 15.1. The summed E-state index contributed by atoms with van der Waals surface area (Å²) in [6.45, 7) is 7.03. The number of aromatic nitrogens is 3. The van der Waals surface area contributed by atoms with E-state index in [4.69, 9.17) is 9.72 Å². The Hall–Kier alpha value is -2.57. The largest absolute Gasteiger partial charge is 0.370 e. The zero-order valence-corrected chi connectivity index (χ0v) is 17.7. The summed E-state index contributed by atoms with van der Waals surface area (Å²) in [6, 6.07) is 13.0. The second-order valence-corrected chi connectivity index (χ2v) is 9.41. The lowest BCUT2D eigenvalue weighted by molar-refractivity contribution is -0.0411. The highest BCUT2D eigenvalue weighted by molar-refractivity contribution is 7.25. The third-order valence-electron chi connectivity index (χ3n) is 5.39. The van der Waals surface area contributed by atoms with E-state index >= 15 is 0 Å². The molecule has 0 bridgehead atoms. The lowest BCUT2D eigenvalue weighted by Crippen LogP contribution is -2.32. The molecule has 0 aliphatic carbocycles. The van der Waals surface area contributed by atoms with Crippen molar-refractivity contribution in [2.24, 2.45) is 0 Å². The van der Waals surface area contributed by atoms with Crippen molar-refractivity contribution < 1.29 is 4.74 Å². The molecule has 1 aliphatic rings. The molecule has 0 radical (unpaired) electrons. The number of thiophene rings is 1. The maximum atomic E-state index is 5.98. The Morgan fingerprint density at radius 1 is 1.21 bits per heavy atom. The van der Waals surface area contributed by atoms with Gasteiger partial charge in [-0.25, -0.2) is 15.0 Å². The van der Waals surface area contributed by atoms with Crippen molar-refractivity contribution in [1.82, 2.24) is 15.0 Å². The first-order valence-corrected chi connectivity index (χ1v) is 10.8. The van der Waals surface area contributed by atoms with E-state index in [2.05, 4.69) is 66.4 Å². The van der Waals surface area contributed by atoms with Crippen LogP contribution >= 0.6 is 11.3 Å². The van der Waals surface area contributed by atoms with Crippen LogP contribution in [0.15, 0.2) is 42.7 Å². The van der Waals surface area contributed by atoms with Gasteiger partial charge in [0.15, 0.2) is 0 Å². The van der Waals surface area contributed by atoms with Crippen LogP contribution in [-0.4, -0.2) is 26.6 Å². The highest BCUT2D eigenvalue weighted by atomic mass is 32.1. The predicted molar refractivity (Wildman–Crippen MR) is 119 cm³/mol. The maximum Gasteiger partial charge on any atom is 0.147 e. The Labute approximate surface area is 174 Å². The van der Waals surface area contributed by atoms with E-state index in [9.17, 15) is 0 Å². The minimum atomic E-state index is -0.163. The van der Waals surface area contributed by atoms with Gasteiger partial charge in [-0.15, -0.1) is 11.3 Å². The number of benzene rings is 1. The standard InChI is InChI=1S/C23H24N4OS/c1-14(9-15-7-5-4-6-8-15)26-21-20-19(24-13-25-21)17-10-16-12-28-23(2,3)11-18(16)27-22(17)29-20/h4-8,10,13-14H,9,11-12H2,1-3H3,(H,24,25,26). The molecule has 0 spiro atoms. The molecular weight excluding hydrogens is 380 g/mol. The summed E-state index contributed by atoms with van der Waals surface area (Å²) in [5.74, 6) is 0.885.